The van der Waals surface area contributed by atoms with Crippen molar-refractivity contribution in [1.82, 2.24) is 16.2 Å². The molecule has 5 heteroatoms. The molecule has 2 aromatic carbocycles. The molecule has 4 nitrogen and oxygen atoms in total. The highest BCUT2D eigenvalue weighted by Gasteiger charge is 2.33. The molecule has 2 aromatic rings. The van der Waals surface area contributed by atoms with Gasteiger partial charge in [-0.3, -0.25) is 10.2 Å². The fraction of sp³-hybridized carbons (Fsp3) is 0.350. The van der Waals surface area contributed by atoms with Gasteiger partial charge in [-0.1, -0.05) is 54.9 Å². The lowest BCUT2D eigenvalue weighted by Gasteiger charge is -2.19. The standard InChI is InChI=1S/C20H24ClN3O/c1-2-14-3-7-16(8-4-14)19-18(13-23-24-19)20(25)22-12-11-15-5-9-17(21)10-6-15/h3-10,18-19,23-24H,2,11-13H2,1H3,(H,22,25). The van der Waals surface area contributed by atoms with E-state index in [0.717, 1.165) is 23.4 Å². The number of halogens is 1. The molecule has 2 unspecified atom stereocenters. The van der Waals surface area contributed by atoms with Crippen LogP contribution < -0.4 is 16.2 Å². The minimum atomic E-state index is -0.113. The molecular formula is C20H24ClN3O. The highest BCUT2D eigenvalue weighted by atomic mass is 35.5. The van der Waals surface area contributed by atoms with Crippen molar-refractivity contribution in [1.29, 1.82) is 0 Å². The van der Waals surface area contributed by atoms with Gasteiger partial charge in [0.25, 0.3) is 0 Å². The summed E-state index contributed by atoms with van der Waals surface area (Å²) in [6.07, 6.45) is 1.82. The van der Waals surface area contributed by atoms with Gasteiger partial charge >= 0.3 is 0 Å². The first-order chi connectivity index (χ1) is 12.2. The monoisotopic (exact) mass is 357 g/mol. The van der Waals surface area contributed by atoms with E-state index in [1.165, 1.54) is 11.1 Å². The molecule has 3 N–H and O–H groups in total. The van der Waals surface area contributed by atoms with E-state index in [1.807, 2.05) is 24.3 Å². The zero-order chi connectivity index (χ0) is 17.6. The van der Waals surface area contributed by atoms with Gasteiger partial charge in [-0.15, -0.1) is 0 Å². The van der Waals surface area contributed by atoms with Crippen LogP contribution in [-0.2, 0) is 17.6 Å². The third-order valence-corrected chi connectivity index (χ3v) is 4.94. The van der Waals surface area contributed by atoms with Gasteiger partial charge in [-0.2, -0.15) is 0 Å². The van der Waals surface area contributed by atoms with E-state index < -0.39 is 0 Å². The first-order valence-electron chi connectivity index (χ1n) is 8.76. The molecule has 0 bridgehead atoms. The Balaban J connectivity index is 1.55. The Labute approximate surface area is 153 Å². The average Bonchev–Trinajstić information content (AvgIpc) is 3.13. The number of rotatable bonds is 6. The number of hydrazine groups is 1. The van der Waals surface area contributed by atoms with Crippen LogP contribution in [0.15, 0.2) is 48.5 Å². The second-order valence-corrected chi connectivity index (χ2v) is 6.81. The van der Waals surface area contributed by atoms with Gasteiger partial charge < -0.3 is 5.32 Å². The third kappa shape index (κ3) is 4.60. The number of nitrogens with one attached hydrogen (secondary N) is 3. The summed E-state index contributed by atoms with van der Waals surface area (Å²) < 4.78 is 0. The van der Waals surface area contributed by atoms with Gasteiger partial charge in [-0.25, -0.2) is 5.43 Å². The average molecular weight is 358 g/mol. The van der Waals surface area contributed by atoms with Gasteiger partial charge in [0, 0.05) is 18.1 Å². The number of amides is 1. The van der Waals surface area contributed by atoms with E-state index in [1.54, 1.807) is 0 Å². The first-order valence-corrected chi connectivity index (χ1v) is 9.14. The summed E-state index contributed by atoms with van der Waals surface area (Å²) in [6, 6.07) is 16.2. The molecule has 25 heavy (non-hydrogen) atoms. The minimum absolute atomic E-state index is 0.00133. The molecule has 1 fully saturated rings. The number of carbonyl (C=O) groups excluding carboxylic acids is 1. The fourth-order valence-electron chi connectivity index (χ4n) is 3.13. The van der Waals surface area contributed by atoms with Gasteiger partial charge in [0.05, 0.1) is 12.0 Å². The first kappa shape index (κ1) is 17.9. The van der Waals surface area contributed by atoms with Crippen molar-refractivity contribution in [2.75, 3.05) is 13.1 Å². The maximum absolute atomic E-state index is 12.6. The van der Waals surface area contributed by atoms with E-state index in [9.17, 15) is 4.79 Å². The summed E-state index contributed by atoms with van der Waals surface area (Å²) in [5.41, 5.74) is 9.96. The lowest BCUT2D eigenvalue weighted by atomic mass is 9.93. The van der Waals surface area contributed by atoms with Crippen LogP contribution in [0.5, 0.6) is 0 Å². The molecule has 0 saturated carbocycles. The maximum atomic E-state index is 12.6. The molecule has 1 aliphatic rings. The minimum Gasteiger partial charge on any atom is -0.355 e. The van der Waals surface area contributed by atoms with E-state index in [4.69, 9.17) is 11.6 Å². The number of hydrogen-bond acceptors (Lipinski definition) is 3. The summed E-state index contributed by atoms with van der Waals surface area (Å²) in [5.74, 6) is -0.0336. The number of hydrogen-bond donors (Lipinski definition) is 3. The van der Waals surface area contributed by atoms with Crippen molar-refractivity contribution < 1.29 is 4.79 Å². The molecule has 1 saturated heterocycles. The molecule has 0 radical (unpaired) electrons. The molecule has 132 valence electrons. The summed E-state index contributed by atoms with van der Waals surface area (Å²) >= 11 is 5.89. The second kappa shape index (κ2) is 8.48. The van der Waals surface area contributed by atoms with Crippen molar-refractivity contribution in [2.24, 2.45) is 5.92 Å². The number of carbonyl (C=O) groups is 1. The predicted octanol–water partition coefficient (Wildman–Crippen LogP) is 3.03. The van der Waals surface area contributed by atoms with Crippen LogP contribution in [0.1, 0.15) is 29.7 Å². The molecular weight excluding hydrogens is 334 g/mol. The van der Waals surface area contributed by atoms with Crippen molar-refractivity contribution in [3.05, 3.63) is 70.2 Å². The van der Waals surface area contributed by atoms with Crippen LogP contribution in [0.2, 0.25) is 5.02 Å². The van der Waals surface area contributed by atoms with Crippen LogP contribution in [0.25, 0.3) is 0 Å². The largest absolute Gasteiger partial charge is 0.355 e. The third-order valence-electron chi connectivity index (χ3n) is 4.69. The predicted molar refractivity (Wildman–Crippen MR) is 101 cm³/mol. The van der Waals surface area contributed by atoms with Gasteiger partial charge in [-0.05, 0) is 41.7 Å². The Hall–Kier alpha value is -1.88. The van der Waals surface area contributed by atoms with Crippen molar-refractivity contribution >= 4 is 17.5 Å². The molecule has 0 aromatic heterocycles. The lowest BCUT2D eigenvalue weighted by Crippen LogP contribution is -2.36. The molecule has 1 heterocycles. The molecule has 2 atom stereocenters. The highest BCUT2D eigenvalue weighted by Crippen LogP contribution is 2.25. The van der Waals surface area contributed by atoms with Gasteiger partial charge in [0.15, 0.2) is 0 Å². The molecule has 3 rings (SSSR count). The van der Waals surface area contributed by atoms with E-state index in [-0.39, 0.29) is 17.9 Å². The van der Waals surface area contributed by atoms with Crippen LogP contribution in [0.4, 0.5) is 0 Å². The SMILES string of the molecule is CCc1ccc(C2NNCC2C(=O)NCCc2ccc(Cl)cc2)cc1. The molecule has 1 aliphatic heterocycles. The van der Waals surface area contributed by atoms with Crippen molar-refractivity contribution in [3.8, 4) is 0 Å². The van der Waals surface area contributed by atoms with Crippen LogP contribution in [-0.4, -0.2) is 19.0 Å². The van der Waals surface area contributed by atoms with E-state index in [2.05, 4.69) is 47.4 Å². The molecule has 0 aliphatic carbocycles. The summed E-state index contributed by atoms with van der Waals surface area (Å²) in [6.45, 7) is 3.40. The fourth-order valence-corrected chi connectivity index (χ4v) is 3.26. The van der Waals surface area contributed by atoms with Crippen LogP contribution in [0.3, 0.4) is 0 Å². The van der Waals surface area contributed by atoms with Crippen molar-refractivity contribution in [2.45, 2.75) is 25.8 Å². The topological polar surface area (TPSA) is 53.2 Å². The van der Waals surface area contributed by atoms with Crippen LogP contribution in [0, 0.1) is 5.92 Å². The summed E-state index contributed by atoms with van der Waals surface area (Å²) in [7, 11) is 0. The Morgan fingerprint density at radius 3 is 2.48 bits per heavy atom. The summed E-state index contributed by atoms with van der Waals surface area (Å²) in [5, 5.41) is 3.79. The second-order valence-electron chi connectivity index (χ2n) is 6.37. The van der Waals surface area contributed by atoms with E-state index >= 15 is 0 Å². The zero-order valence-corrected chi connectivity index (χ0v) is 15.1. The Bertz CT molecular complexity index is 700. The zero-order valence-electron chi connectivity index (χ0n) is 14.4. The molecule has 1 amide bonds. The Morgan fingerprint density at radius 1 is 1.12 bits per heavy atom. The van der Waals surface area contributed by atoms with Crippen molar-refractivity contribution in [3.63, 3.8) is 0 Å². The number of aryl methyl sites for hydroxylation is 1. The Kier molecular flexibility index (Phi) is 6.08. The molecule has 0 spiro atoms. The highest BCUT2D eigenvalue weighted by molar-refractivity contribution is 6.30. The van der Waals surface area contributed by atoms with Gasteiger partial charge in [0.1, 0.15) is 0 Å². The van der Waals surface area contributed by atoms with Gasteiger partial charge in [0.2, 0.25) is 5.91 Å². The summed E-state index contributed by atoms with van der Waals surface area (Å²) in [4.78, 5) is 12.6. The normalized spacial score (nSPS) is 19.8. The van der Waals surface area contributed by atoms with Crippen LogP contribution >= 0.6 is 11.6 Å². The van der Waals surface area contributed by atoms with E-state index in [0.29, 0.717) is 13.1 Å². The Morgan fingerprint density at radius 2 is 1.80 bits per heavy atom. The maximum Gasteiger partial charge on any atom is 0.226 e. The number of benzene rings is 2. The quantitative estimate of drug-likeness (QED) is 0.745. The lowest BCUT2D eigenvalue weighted by molar-refractivity contribution is -0.124. The smallest absolute Gasteiger partial charge is 0.226 e.